The van der Waals surface area contributed by atoms with Crippen LogP contribution in [0.15, 0.2) is 18.2 Å². The lowest BCUT2D eigenvalue weighted by atomic mass is 10.2. The van der Waals surface area contributed by atoms with Gasteiger partial charge in [-0.3, -0.25) is 14.9 Å². The van der Waals surface area contributed by atoms with E-state index in [-0.39, 0.29) is 18.1 Å². The maximum Gasteiger partial charge on any atom is 0.269 e. The molecule has 1 amide bonds. The topological polar surface area (TPSA) is 75.5 Å². The summed E-state index contributed by atoms with van der Waals surface area (Å²) in [4.78, 5) is 23.7. The number of non-ortho nitro benzene ring substituents is 1. The number of carbonyl (C=O) groups is 1. The number of amides is 1. The summed E-state index contributed by atoms with van der Waals surface area (Å²) in [7, 11) is 0. The van der Waals surface area contributed by atoms with Gasteiger partial charge in [-0.1, -0.05) is 0 Å². The SMILES string of the molecule is CCN(CC)C(=O)CNc1ccc([N+](=O)[O-])cc1C. The molecule has 1 N–H and O–H groups in total. The van der Waals surface area contributed by atoms with Crippen molar-refractivity contribution in [1.82, 2.24) is 4.90 Å². The van der Waals surface area contributed by atoms with Gasteiger partial charge in [0.1, 0.15) is 0 Å². The molecule has 1 aromatic carbocycles. The molecule has 0 radical (unpaired) electrons. The second-order valence-electron chi connectivity index (χ2n) is 4.18. The molecule has 1 aromatic rings. The van der Waals surface area contributed by atoms with Crippen molar-refractivity contribution in [1.29, 1.82) is 0 Å². The summed E-state index contributed by atoms with van der Waals surface area (Å²) in [5, 5.41) is 13.6. The van der Waals surface area contributed by atoms with Crippen LogP contribution in [0.25, 0.3) is 0 Å². The third-order valence-corrected chi connectivity index (χ3v) is 2.97. The van der Waals surface area contributed by atoms with E-state index in [0.29, 0.717) is 13.1 Å². The van der Waals surface area contributed by atoms with E-state index in [1.165, 1.54) is 12.1 Å². The molecule has 6 heteroatoms. The minimum Gasteiger partial charge on any atom is -0.376 e. The number of benzene rings is 1. The number of nitro groups is 1. The Bertz CT molecular complexity index is 470. The zero-order valence-corrected chi connectivity index (χ0v) is 11.5. The van der Waals surface area contributed by atoms with Crippen molar-refractivity contribution in [3.63, 3.8) is 0 Å². The first-order valence-electron chi connectivity index (χ1n) is 6.26. The van der Waals surface area contributed by atoms with Crippen molar-refractivity contribution >= 4 is 17.3 Å². The van der Waals surface area contributed by atoms with Gasteiger partial charge in [0.25, 0.3) is 5.69 Å². The Hall–Kier alpha value is -2.11. The minimum absolute atomic E-state index is 0.0164. The molecule has 0 heterocycles. The molecule has 0 unspecified atom stereocenters. The van der Waals surface area contributed by atoms with Crippen LogP contribution >= 0.6 is 0 Å². The van der Waals surface area contributed by atoms with Crippen LogP contribution in [0.2, 0.25) is 0 Å². The number of carbonyl (C=O) groups excluding carboxylic acids is 1. The lowest BCUT2D eigenvalue weighted by Crippen LogP contribution is -2.35. The second kappa shape index (κ2) is 6.72. The number of nitro benzene ring substituents is 1. The maximum atomic E-state index is 11.8. The predicted molar refractivity (Wildman–Crippen MR) is 74.3 cm³/mol. The van der Waals surface area contributed by atoms with E-state index in [1.807, 2.05) is 13.8 Å². The summed E-state index contributed by atoms with van der Waals surface area (Å²) in [5.41, 5.74) is 1.55. The van der Waals surface area contributed by atoms with Crippen LogP contribution in [-0.2, 0) is 4.79 Å². The summed E-state index contributed by atoms with van der Waals surface area (Å²) < 4.78 is 0. The van der Waals surface area contributed by atoms with Crippen molar-refractivity contribution in [3.8, 4) is 0 Å². The minimum atomic E-state index is -0.433. The summed E-state index contributed by atoms with van der Waals surface area (Å²) in [5.74, 6) is 0.0164. The number of hydrogen-bond acceptors (Lipinski definition) is 4. The van der Waals surface area contributed by atoms with Crippen molar-refractivity contribution in [3.05, 3.63) is 33.9 Å². The van der Waals surface area contributed by atoms with Crippen LogP contribution in [0.5, 0.6) is 0 Å². The molecule has 0 aromatic heterocycles. The molecule has 0 saturated carbocycles. The van der Waals surface area contributed by atoms with Gasteiger partial charge >= 0.3 is 0 Å². The van der Waals surface area contributed by atoms with Gasteiger partial charge in [-0.05, 0) is 32.4 Å². The van der Waals surface area contributed by atoms with Crippen LogP contribution in [0, 0.1) is 17.0 Å². The fourth-order valence-corrected chi connectivity index (χ4v) is 1.82. The molecular formula is C13H19N3O3. The Kier molecular flexibility index (Phi) is 5.29. The highest BCUT2D eigenvalue weighted by atomic mass is 16.6. The molecular weight excluding hydrogens is 246 g/mol. The Labute approximate surface area is 112 Å². The van der Waals surface area contributed by atoms with Crippen LogP contribution in [0.1, 0.15) is 19.4 Å². The molecule has 0 aliphatic rings. The van der Waals surface area contributed by atoms with Crippen LogP contribution < -0.4 is 5.32 Å². The molecule has 0 fully saturated rings. The molecule has 0 atom stereocenters. The molecule has 0 bridgehead atoms. The van der Waals surface area contributed by atoms with Gasteiger partial charge in [0.2, 0.25) is 5.91 Å². The van der Waals surface area contributed by atoms with E-state index in [2.05, 4.69) is 5.32 Å². The van der Waals surface area contributed by atoms with E-state index in [9.17, 15) is 14.9 Å². The van der Waals surface area contributed by atoms with Crippen LogP contribution in [0.4, 0.5) is 11.4 Å². The van der Waals surface area contributed by atoms with Gasteiger partial charge in [0.05, 0.1) is 11.5 Å². The van der Waals surface area contributed by atoms with Gasteiger partial charge in [-0.15, -0.1) is 0 Å². The number of likely N-dealkylation sites (N-methyl/N-ethyl adjacent to an activating group) is 1. The van der Waals surface area contributed by atoms with Crippen LogP contribution in [0.3, 0.4) is 0 Å². The smallest absolute Gasteiger partial charge is 0.269 e. The molecule has 6 nitrogen and oxygen atoms in total. The summed E-state index contributed by atoms with van der Waals surface area (Å²) >= 11 is 0. The number of hydrogen-bond donors (Lipinski definition) is 1. The Morgan fingerprint density at radius 1 is 1.37 bits per heavy atom. The average Bonchev–Trinajstić information content (AvgIpc) is 2.38. The Morgan fingerprint density at radius 2 is 2.00 bits per heavy atom. The number of anilines is 1. The fourth-order valence-electron chi connectivity index (χ4n) is 1.82. The van der Waals surface area contributed by atoms with Gasteiger partial charge < -0.3 is 10.2 Å². The molecule has 104 valence electrons. The van der Waals surface area contributed by atoms with E-state index in [4.69, 9.17) is 0 Å². The van der Waals surface area contributed by atoms with Gasteiger partial charge in [-0.2, -0.15) is 0 Å². The van der Waals surface area contributed by atoms with Crippen LogP contribution in [-0.4, -0.2) is 35.4 Å². The zero-order chi connectivity index (χ0) is 14.4. The Morgan fingerprint density at radius 3 is 2.47 bits per heavy atom. The first-order valence-corrected chi connectivity index (χ1v) is 6.26. The van der Waals surface area contributed by atoms with Crippen molar-refractivity contribution in [2.75, 3.05) is 25.0 Å². The number of nitrogens with one attached hydrogen (secondary N) is 1. The van der Waals surface area contributed by atoms with E-state index < -0.39 is 4.92 Å². The molecule has 0 spiro atoms. The first-order chi connectivity index (χ1) is 8.99. The quantitative estimate of drug-likeness (QED) is 0.632. The average molecular weight is 265 g/mol. The molecule has 1 rings (SSSR count). The predicted octanol–water partition coefficient (Wildman–Crippen LogP) is 2.18. The van der Waals surface area contributed by atoms with E-state index in [1.54, 1.807) is 17.9 Å². The monoisotopic (exact) mass is 265 g/mol. The highest BCUT2D eigenvalue weighted by molar-refractivity contribution is 5.81. The normalized spacial score (nSPS) is 10.1. The number of nitrogens with zero attached hydrogens (tertiary/aromatic N) is 2. The molecule has 0 saturated heterocycles. The first kappa shape index (κ1) is 14.9. The van der Waals surface area contributed by atoms with E-state index in [0.717, 1.165) is 11.3 Å². The molecule has 19 heavy (non-hydrogen) atoms. The van der Waals surface area contributed by atoms with Crippen molar-refractivity contribution in [2.24, 2.45) is 0 Å². The lowest BCUT2D eigenvalue weighted by Gasteiger charge is -2.19. The summed E-state index contributed by atoms with van der Waals surface area (Å²) in [6.07, 6.45) is 0. The lowest BCUT2D eigenvalue weighted by molar-refractivity contribution is -0.384. The van der Waals surface area contributed by atoms with E-state index >= 15 is 0 Å². The summed E-state index contributed by atoms with van der Waals surface area (Å²) in [6, 6.07) is 4.55. The molecule has 0 aliphatic carbocycles. The Balaban J connectivity index is 2.68. The highest BCUT2D eigenvalue weighted by Gasteiger charge is 2.11. The third kappa shape index (κ3) is 3.94. The van der Waals surface area contributed by atoms with Gasteiger partial charge in [-0.25, -0.2) is 0 Å². The van der Waals surface area contributed by atoms with Gasteiger partial charge in [0, 0.05) is 30.9 Å². The molecule has 0 aliphatic heterocycles. The number of rotatable bonds is 6. The van der Waals surface area contributed by atoms with Gasteiger partial charge in [0.15, 0.2) is 0 Å². The number of aryl methyl sites for hydroxylation is 1. The largest absolute Gasteiger partial charge is 0.376 e. The highest BCUT2D eigenvalue weighted by Crippen LogP contribution is 2.20. The second-order valence-corrected chi connectivity index (χ2v) is 4.18. The standard InChI is InChI=1S/C13H19N3O3/c1-4-15(5-2)13(17)9-14-12-7-6-11(16(18)19)8-10(12)3/h6-8,14H,4-5,9H2,1-3H3. The third-order valence-electron chi connectivity index (χ3n) is 2.97. The summed E-state index contributed by atoms with van der Waals surface area (Å²) in [6.45, 7) is 7.18. The van der Waals surface area contributed by atoms with Crippen molar-refractivity contribution in [2.45, 2.75) is 20.8 Å². The maximum absolute atomic E-state index is 11.8. The fraction of sp³-hybridized carbons (Fsp3) is 0.462. The van der Waals surface area contributed by atoms with Crippen molar-refractivity contribution < 1.29 is 9.72 Å². The zero-order valence-electron chi connectivity index (χ0n) is 11.5.